The summed E-state index contributed by atoms with van der Waals surface area (Å²) in [5.74, 6) is -0.270. The van der Waals surface area contributed by atoms with Gasteiger partial charge >= 0.3 is 5.97 Å². The van der Waals surface area contributed by atoms with Gasteiger partial charge in [-0.25, -0.2) is 0 Å². The largest absolute Gasteiger partial charge is 0.506 e. The van der Waals surface area contributed by atoms with Gasteiger partial charge in [-0.05, 0) is 17.7 Å². The number of hydrogen-bond acceptors (Lipinski definition) is 4. The second kappa shape index (κ2) is 5.58. The Morgan fingerprint density at radius 1 is 1.60 bits per heavy atom. The van der Waals surface area contributed by atoms with Crippen molar-refractivity contribution in [2.45, 2.75) is 6.54 Å². The highest BCUT2D eigenvalue weighted by molar-refractivity contribution is 6.32. The third-order valence-electron chi connectivity index (χ3n) is 1.84. The summed E-state index contributed by atoms with van der Waals surface area (Å²) in [5.41, 5.74) is 0.890. The molecule has 0 aliphatic heterocycles. The third kappa shape index (κ3) is 3.77. The van der Waals surface area contributed by atoms with Crippen molar-refractivity contribution in [2.75, 3.05) is 13.7 Å². The molecule has 15 heavy (non-hydrogen) atoms. The Hall–Kier alpha value is -1.26. The molecule has 0 fully saturated rings. The molecule has 1 rings (SSSR count). The van der Waals surface area contributed by atoms with E-state index >= 15 is 0 Å². The molecule has 0 saturated heterocycles. The van der Waals surface area contributed by atoms with E-state index < -0.39 is 0 Å². The molecule has 0 atom stereocenters. The highest BCUT2D eigenvalue weighted by Gasteiger charge is 2.01. The summed E-state index contributed by atoms with van der Waals surface area (Å²) in [7, 11) is 1.33. The van der Waals surface area contributed by atoms with Crippen molar-refractivity contribution in [3.05, 3.63) is 28.8 Å². The summed E-state index contributed by atoms with van der Waals surface area (Å²) in [4.78, 5) is 10.8. The van der Waals surface area contributed by atoms with Crippen molar-refractivity contribution >= 4 is 17.6 Å². The van der Waals surface area contributed by atoms with E-state index in [0.29, 0.717) is 11.6 Å². The van der Waals surface area contributed by atoms with E-state index in [1.165, 1.54) is 13.2 Å². The molecule has 0 saturated carbocycles. The summed E-state index contributed by atoms with van der Waals surface area (Å²) < 4.78 is 4.46. The minimum Gasteiger partial charge on any atom is -0.506 e. The molecule has 0 heterocycles. The first-order chi connectivity index (χ1) is 7.13. The molecule has 5 heteroatoms. The standard InChI is InChI=1S/C10H12ClNO3/c1-15-10(14)6-12-5-7-2-3-9(13)8(11)4-7/h2-4,12-13H,5-6H2,1H3. The molecule has 0 spiro atoms. The van der Waals surface area contributed by atoms with Crippen molar-refractivity contribution in [1.29, 1.82) is 0 Å². The smallest absolute Gasteiger partial charge is 0.319 e. The first kappa shape index (κ1) is 11.8. The maximum atomic E-state index is 10.8. The minimum atomic E-state index is -0.320. The third-order valence-corrected chi connectivity index (χ3v) is 2.14. The fourth-order valence-electron chi connectivity index (χ4n) is 1.04. The van der Waals surface area contributed by atoms with Crippen LogP contribution in [0, 0.1) is 0 Å². The van der Waals surface area contributed by atoms with Crippen molar-refractivity contribution in [2.24, 2.45) is 0 Å². The second-order valence-corrected chi connectivity index (χ2v) is 3.37. The number of phenols is 1. The number of carbonyl (C=O) groups excluding carboxylic acids is 1. The topological polar surface area (TPSA) is 58.6 Å². The molecule has 1 aromatic carbocycles. The number of methoxy groups -OCH3 is 1. The number of benzene rings is 1. The van der Waals surface area contributed by atoms with Gasteiger partial charge in [0, 0.05) is 6.54 Å². The van der Waals surface area contributed by atoms with Crippen molar-refractivity contribution < 1.29 is 14.6 Å². The van der Waals surface area contributed by atoms with Crippen molar-refractivity contribution in [3.63, 3.8) is 0 Å². The molecule has 4 nitrogen and oxygen atoms in total. The highest BCUT2D eigenvalue weighted by atomic mass is 35.5. The van der Waals surface area contributed by atoms with Gasteiger partial charge < -0.3 is 15.2 Å². The number of carbonyl (C=O) groups is 1. The number of aromatic hydroxyl groups is 1. The number of esters is 1. The monoisotopic (exact) mass is 229 g/mol. The SMILES string of the molecule is COC(=O)CNCc1ccc(O)c(Cl)c1. The number of rotatable bonds is 4. The average Bonchev–Trinajstić information content (AvgIpc) is 2.23. The van der Waals surface area contributed by atoms with Crippen LogP contribution in [0.4, 0.5) is 0 Å². The summed E-state index contributed by atoms with van der Waals surface area (Å²) in [6.07, 6.45) is 0. The van der Waals surface area contributed by atoms with E-state index in [9.17, 15) is 4.79 Å². The van der Waals surface area contributed by atoms with Gasteiger partial charge in [0.1, 0.15) is 5.75 Å². The van der Waals surface area contributed by atoms with E-state index in [2.05, 4.69) is 10.1 Å². The van der Waals surface area contributed by atoms with Crippen LogP contribution in [-0.4, -0.2) is 24.7 Å². The Bertz CT molecular complexity index is 355. The average molecular weight is 230 g/mol. The molecule has 0 aliphatic carbocycles. The van der Waals surface area contributed by atoms with E-state index in [1.54, 1.807) is 12.1 Å². The van der Waals surface area contributed by atoms with E-state index in [1.807, 2.05) is 0 Å². The Morgan fingerprint density at radius 2 is 2.33 bits per heavy atom. The molecule has 1 aromatic rings. The number of hydrogen-bond donors (Lipinski definition) is 2. The maximum absolute atomic E-state index is 10.8. The zero-order valence-electron chi connectivity index (χ0n) is 8.29. The lowest BCUT2D eigenvalue weighted by atomic mass is 10.2. The summed E-state index contributed by atoms with van der Waals surface area (Å²) in [6.45, 7) is 0.643. The molecular formula is C10H12ClNO3. The predicted molar refractivity (Wildman–Crippen MR) is 56.8 cm³/mol. The Kier molecular flexibility index (Phi) is 4.39. The second-order valence-electron chi connectivity index (χ2n) is 2.97. The molecule has 0 amide bonds. The number of halogens is 1. The van der Waals surface area contributed by atoms with Crippen LogP contribution in [-0.2, 0) is 16.1 Å². The zero-order chi connectivity index (χ0) is 11.3. The lowest BCUT2D eigenvalue weighted by Gasteiger charge is -2.04. The molecule has 0 aliphatic rings. The molecule has 0 radical (unpaired) electrons. The quantitative estimate of drug-likeness (QED) is 0.765. The van der Waals surface area contributed by atoms with Crippen LogP contribution >= 0.6 is 11.6 Å². The van der Waals surface area contributed by atoms with Crippen molar-refractivity contribution in [1.82, 2.24) is 5.32 Å². The van der Waals surface area contributed by atoms with Gasteiger partial charge in [0.25, 0.3) is 0 Å². The fourth-order valence-corrected chi connectivity index (χ4v) is 1.24. The van der Waals surface area contributed by atoms with Gasteiger partial charge in [-0.15, -0.1) is 0 Å². The first-order valence-corrected chi connectivity index (χ1v) is 4.76. The van der Waals surface area contributed by atoms with Gasteiger partial charge in [-0.1, -0.05) is 17.7 Å². The van der Waals surface area contributed by atoms with Crippen LogP contribution < -0.4 is 5.32 Å². The Balaban J connectivity index is 2.44. The molecule has 0 aromatic heterocycles. The molecule has 82 valence electrons. The Labute approximate surface area is 92.8 Å². The molecular weight excluding hydrogens is 218 g/mol. The van der Waals surface area contributed by atoms with Crippen molar-refractivity contribution in [3.8, 4) is 5.75 Å². The van der Waals surface area contributed by atoms with Gasteiger partial charge in [-0.2, -0.15) is 0 Å². The van der Waals surface area contributed by atoms with E-state index in [0.717, 1.165) is 5.56 Å². The molecule has 2 N–H and O–H groups in total. The van der Waals surface area contributed by atoms with Crippen LogP contribution in [0.1, 0.15) is 5.56 Å². The number of phenolic OH excluding ortho intramolecular Hbond substituents is 1. The van der Waals surface area contributed by atoms with Crippen LogP contribution in [0.2, 0.25) is 5.02 Å². The van der Waals surface area contributed by atoms with Gasteiger partial charge in [-0.3, -0.25) is 4.79 Å². The van der Waals surface area contributed by atoms with Gasteiger partial charge in [0.15, 0.2) is 0 Å². The molecule has 0 unspecified atom stereocenters. The lowest BCUT2D eigenvalue weighted by molar-refractivity contribution is -0.139. The minimum absolute atomic E-state index is 0.0494. The van der Waals surface area contributed by atoms with Gasteiger partial charge in [0.2, 0.25) is 0 Å². The summed E-state index contributed by atoms with van der Waals surface area (Å²) >= 11 is 5.71. The number of nitrogens with one attached hydrogen (secondary N) is 1. The molecule has 0 bridgehead atoms. The highest BCUT2D eigenvalue weighted by Crippen LogP contribution is 2.23. The Morgan fingerprint density at radius 3 is 2.93 bits per heavy atom. The summed E-state index contributed by atoms with van der Waals surface area (Å²) in [6, 6.07) is 4.88. The lowest BCUT2D eigenvalue weighted by Crippen LogP contribution is -2.23. The summed E-state index contributed by atoms with van der Waals surface area (Å²) in [5, 5.41) is 12.4. The van der Waals surface area contributed by atoms with Crippen LogP contribution in [0.3, 0.4) is 0 Å². The first-order valence-electron chi connectivity index (χ1n) is 4.38. The maximum Gasteiger partial charge on any atom is 0.319 e. The number of ether oxygens (including phenoxy) is 1. The van der Waals surface area contributed by atoms with Crippen LogP contribution in [0.5, 0.6) is 5.75 Å². The van der Waals surface area contributed by atoms with Gasteiger partial charge in [0.05, 0.1) is 18.7 Å². The predicted octanol–water partition coefficient (Wildman–Crippen LogP) is 1.31. The zero-order valence-corrected chi connectivity index (χ0v) is 9.04. The fraction of sp³-hybridized carbons (Fsp3) is 0.300. The van der Waals surface area contributed by atoms with E-state index in [-0.39, 0.29) is 18.3 Å². The normalized spacial score (nSPS) is 10.0. The van der Waals surface area contributed by atoms with Crippen LogP contribution in [0.25, 0.3) is 0 Å². The van der Waals surface area contributed by atoms with E-state index in [4.69, 9.17) is 16.7 Å². The van der Waals surface area contributed by atoms with Crippen LogP contribution in [0.15, 0.2) is 18.2 Å².